The SMILES string of the molecule is CNc1cc(F)cc2c1[nH]c1nc(Oc3cnc(C)nc3)nc(N3CCC/C(=N\O)C3)c12. The van der Waals surface area contributed by atoms with Gasteiger partial charge >= 0.3 is 6.01 Å². The van der Waals surface area contributed by atoms with E-state index in [1.54, 1.807) is 26.4 Å². The predicted octanol–water partition coefficient (Wildman–Crippen LogP) is 3.61. The number of halogens is 1. The number of H-pyrrole nitrogens is 1. The summed E-state index contributed by atoms with van der Waals surface area (Å²) in [7, 11) is 1.73. The van der Waals surface area contributed by atoms with Gasteiger partial charge in [0.15, 0.2) is 5.75 Å². The first kappa shape index (κ1) is 19.9. The minimum absolute atomic E-state index is 0.103. The Kier molecular flexibility index (Phi) is 4.92. The van der Waals surface area contributed by atoms with Crippen LogP contribution in [0.1, 0.15) is 18.7 Å². The second kappa shape index (κ2) is 7.91. The molecule has 0 amide bonds. The van der Waals surface area contributed by atoms with Crippen LogP contribution in [0.25, 0.3) is 21.9 Å². The number of benzene rings is 1. The number of nitrogens with one attached hydrogen (secondary N) is 2. The molecule has 3 aromatic heterocycles. The molecule has 10 nitrogen and oxygen atoms in total. The number of piperidine rings is 1. The molecule has 1 fully saturated rings. The highest BCUT2D eigenvalue weighted by molar-refractivity contribution is 6.15. The number of oxime groups is 1. The van der Waals surface area contributed by atoms with Gasteiger partial charge < -0.3 is 25.1 Å². The lowest BCUT2D eigenvalue weighted by Gasteiger charge is -2.28. The topological polar surface area (TPSA) is 124 Å². The van der Waals surface area contributed by atoms with Gasteiger partial charge in [-0.2, -0.15) is 9.97 Å². The van der Waals surface area contributed by atoms with Crippen LogP contribution >= 0.6 is 0 Å². The first-order valence-corrected chi connectivity index (χ1v) is 10.2. The van der Waals surface area contributed by atoms with E-state index < -0.39 is 0 Å². The molecule has 4 aromatic rings. The predicted molar refractivity (Wildman–Crippen MR) is 118 cm³/mol. The highest BCUT2D eigenvalue weighted by Crippen LogP contribution is 2.37. The summed E-state index contributed by atoms with van der Waals surface area (Å²) in [5, 5.41) is 17.0. The number of fused-ring (bicyclic) bond motifs is 3. The molecule has 164 valence electrons. The van der Waals surface area contributed by atoms with Crippen LogP contribution in [-0.4, -0.2) is 56.0 Å². The van der Waals surface area contributed by atoms with Crippen molar-refractivity contribution in [3.8, 4) is 11.8 Å². The second-order valence-electron chi connectivity index (χ2n) is 7.56. The van der Waals surface area contributed by atoms with E-state index in [-0.39, 0.29) is 11.8 Å². The van der Waals surface area contributed by atoms with Gasteiger partial charge in [-0.25, -0.2) is 14.4 Å². The zero-order chi connectivity index (χ0) is 22.2. The van der Waals surface area contributed by atoms with Crippen molar-refractivity contribution < 1.29 is 14.3 Å². The molecule has 1 aliphatic heterocycles. The van der Waals surface area contributed by atoms with Gasteiger partial charge in [-0.1, -0.05) is 5.16 Å². The lowest BCUT2D eigenvalue weighted by Crippen LogP contribution is -2.36. The first-order valence-electron chi connectivity index (χ1n) is 10.2. The Morgan fingerprint density at radius 2 is 2.06 bits per heavy atom. The molecule has 0 bridgehead atoms. The number of anilines is 2. The monoisotopic (exact) mass is 436 g/mol. The van der Waals surface area contributed by atoms with E-state index >= 15 is 0 Å². The summed E-state index contributed by atoms with van der Waals surface area (Å²) in [6.07, 6.45) is 4.60. The third kappa shape index (κ3) is 3.51. The van der Waals surface area contributed by atoms with Gasteiger partial charge in [0.2, 0.25) is 0 Å². The van der Waals surface area contributed by atoms with Gasteiger partial charge in [-0.15, -0.1) is 0 Å². The van der Waals surface area contributed by atoms with E-state index in [1.807, 2.05) is 4.90 Å². The number of aromatic nitrogens is 5. The van der Waals surface area contributed by atoms with Crippen molar-refractivity contribution in [3.63, 3.8) is 0 Å². The van der Waals surface area contributed by atoms with E-state index in [0.29, 0.717) is 70.2 Å². The molecule has 0 unspecified atom stereocenters. The Bertz CT molecular complexity index is 1340. The van der Waals surface area contributed by atoms with E-state index in [1.165, 1.54) is 12.1 Å². The van der Waals surface area contributed by atoms with E-state index in [0.717, 1.165) is 6.42 Å². The van der Waals surface area contributed by atoms with E-state index in [2.05, 4.69) is 35.4 Å². The molecule has 4 heterocycles. The van der Waals surface area contributed by atoms with E-state index in [4.69, 9.17) is 4.74 Å². The van der Waals surface area contributed by atoms with Crippen LogP contribution < -0.4 is 15.0 Å². The molecule has 32 heavy (non-hydrogen) atoms. The molecule has 1 aromatic carbocycles. The molecule has 0 atom stereocenters. The van der Waals surface area contributed by atoms with Gasteiger partial charge in [-0.3, -0.25) is 0 Å². The second-order valence-corrected chi connectivity index (χ2v) is 7.56. The molecule has 1 saturated heterocycles. The number of nitrogens with zero attached hydrogens (tertiary/aromatic N) is 6. The number of hydrogen-bond donors (Lipinski definition) is 3. The Balaban J connectivity index is 1.71. The fourth-order valence-corrected chi connectivity index (χ4v) is 3.95. The van der Waals surface area contributed by atoms with Crippen LogP contribution in [0.4, 0.5) is 15.9 Å². The molecule has 1 aliphatic rings. The van der Waals surface area contributed by atoms with E-state index in [9.17, 15) is 9.60 Å². The van der Waals surface area contributed by atoms with Crippen molar-refractivity contribution in [2.75, 3.05) is 30.4 Å². The number of aryl methyl sites for hydroxylation is 1. The Hall–Kier alpha value is -4.02. The van der Waals surface area contributed by atoms with Crippen molar-refractivity contribution in [2.45, 2.75) is 19.8 Å². The fraction of sp³-hybridized carbons (Fsp3) is 0.286. The maximum atomic E-state index is 14.4. The molecule has 3 N–H and O–H groups in total. The molecule has 5 rings (SSSR count). The minimum atomic E-state index is -0.373. The lowest BCUT2D eigenvalue weighted by atomic mass is 10.1. The normalized spacial score (nSPS) is 15.6. The average molecular weight is 436 g/mol. The summed E-state index contributed by atoms with van der Waals surface area (Å²) < 4.78 is 20.2. The zero-order valence-corrected chi connectivity index (χ0v) is 17.6. The van der Waals surface area contributed by atoms with Gasteiger partial charge in [0.25, 0.3) is 0 Å². The van der Waals surface area contributed by atoms with Crippen molar-refractivity contribution >= 4 is 39.2 Å². The highest BCUT2D eigenvalue weighted by Gasteiger charge is 2.24. The minimum Gasteiger partial charge on any atom is -0.421 e. The summed E-state index contributed by atoms with van der Waals surface area (Å²) in [4.78, 5) is 22.7. The first-order chi connectivity index (χ1) is 15.6. The molecular formula is C21H21FN8O2. The lowest BCUT2D eigenvalue weighted by molar-refractivity contribution is 0.315. The van der Waals surface area contributed by atoms with Gasteiger partial charge in [0, 0.05) is 19.0 Å². The molecule has 0 saturated carbocycles. The smallest absolute Gasteiger partial charge is 0.326 e. The maximum Gasteiger partial charge on any atom is 0.326 e. The van der Waals surface area contributed by atoms with Crippen LogP contribution in [-0.2, 0) is 0 Å². The van der Waals surface area contributed by atoms with Crippen molar-refractivity contribution in [3.05, 3.63) is 36.2 Å². The van der Waals surface area contributed by atoms with Crippen molar-refractivity contribution in [2.24, 2.45) is 5.16 Å². The molecular weight excluding hydrogens is 415 g/mol. The van der Waals surface area contributed by atoms with Gasteiger partial charge in [0.1, 0.15) is 23.1 Å². The van der Waals surface area contributed by atoms with Gasteiger partial charge in [-0.05, 0) is 31.9 Å². The third-order valence-electron chi connectivity index (χ3n) is 5.43. The van der Waals surface area contributed by atoms with Crippen LogP contribution in [0.5, 0.6) is 11.8 Å². The average Bonchev–Trinajstić information content (AvgIpc) is 3.17. The highest BCUT2D eigenvalue weighted by atomic mass is 19.1. The van der Waals surface area contributed by atoms with Crippen LogP contribution in [0.3, 0.4) is 0 Å². The zero-order valence-electron chi connectivity index (χ0n) is 17.6. The van der Waals surface area contributed by atoms with Crippen LogP contribution in [0.2, 0.25) is 0 Å². The van der Waals surface area contributed by atoms with Crippen LogP contribution in [0, 0.1) is 12.7 Å². The van der Waals surface area contributed by atoms with Crippen molar-refractivity contribution in [1.29, 1.82) is 0 Å². The summed E-state index contributed by atoms with van der Waals surface area (Å²) in [5.74, 6) is 1.21. The molecule has 11 heteroatoms. The maximum absolute atomic E-state index is 14.4. The quantitative estimate of drug-likeness (QED) is 0.327. The molecule has 0 aliphatic carbocycles. The number of rotatable bonds is 4. The Labute approximate surface area is 182 Å². The fourth-order valence-electron chi connectivity index (χ4n) is 3.95. The number of aromatic amines is 1. The molecule has 0 radical (unpaired) electrons. The largest absolute Gasteiger partial charge is 0.421 e. The number of ether oxygens (including phenoxy) is 1. The summed E-state index contributed by atoms with van der Waals surface area (Å²) in [6.45, 7) is 2.87. The van der Waals surface area contributed by atoms with Crippen LogP contribution in [0.15, 0.2) is 29.7 Å². The van der Waals surface area contributed by atoms with Gasteiger partial charge in [0.05, 0.1) is 41.2 Å². The Morgan fingerprint density at radius 3 is 2.81 bits per heavy atom. The summed E-state index contributed by atoms with van der Waals surface area (Å²) in [6, 6.07) is 2.98. The Morgan fingerprint density at radius 1 is 1.25 bits per heavy atom. The third-order valence-corrected chi connectivity index (χ3v) is 5.43. The summed E-state index contributed by atoms with van der Waals surface area (Å²) in [5.41, 5.74) is 2.47. The number of hydrogen-bond acceptors (Lipinski definition) is 9. The standard InChI is InChI=1S/C21H21FN8O2/c1-11-24-8-14(9-25-11)32-21-27-19-17(15-6-12(22)7-16(23-2)18(15)26-19)20(28-21)30-5-3-4-13(10-30)29-31/h6-9,23,31H,3-5,10H2,1-2H3,(H,26,27,28)/b29-13+. The molecule has 0 spiro atoms. The van der Waals surface area contributed by atoms with Crippen molar-refractivity contribution in [1.82, 2.24) is 24.9 Å². The summed E-state index contributed by atoms with van der Waals surface area (Å²) >= 11 is 0.